The largest absolute Gasteiger partial charge is 0.316 e. The first kappa shape index (κ1) is 12.4. The van der Waals surface area contributed by atoms with Gasteiger partial charge in [-0.1, -0.05) is 18.2 Å². The standard InChI is InChI=1S/C15H14BrN3/c1-17-9-11-6-7-14(12(16)8-11)19-10-18-13-4-2-3-5-15(13)19/h2-8,10,17H,9H2,1H3. The third kappa shape index (κ3) is 2.29. The first-order valence-corrected chi connectivity index (χ1v) is 6.94. The van der Waals surface area contributed by atoms with Gasteiger partial charge in [0.05, 0.1) is 16.7 Å². The maximum Gasteiger partial charge on any atom is 0.100 e. The molecule has 4 heteroatoms. The van der Waals surface area contributed by atoms with Crippen molar-refractivity contribution >= 4 is 27.0 Å². The van der Waals surface area contributed by atoms with Crippen LogP contribution in [-0.4, -0.2) is 16.6 Å². The van der Waals surface area contributed by atoms with Gasteiger partial charge in [0.25, 0.3) is 0 Å². The van der Waals surface area contributed by atoms with Crippen LogP contribution in [0, 0.1) is 0 Å². The first-order valence-electron chi connectivity index (χ1n) is 6.15. The Morgan fingerprint density at radius 3 is 2.84 bits per heavy atom. The molecule has 3 rings (SSSR count). The number of hydrogen-bond donors (Lipinski definition) is 1. The second-order valence-electron chi connectivity index (χ2n) is 4.42. The molecule has 0 unspecified atom stereocenters. The molecule has 0 aliphatic carbocycles. The van der Waals surface area contributed by atoms with E-state index in [-0.39, 0.29) is 0 Å². The highest BCUT2D eigenvalue weighted by Gasteiger charge is 2.07. The number of halogens is 1. The van der Waals surface area contributed by atoms with Crippen molar-refractivity contribution in [1.29, 1.82) is 0 Å². The van der Waals surface area contributed by atoms with E-state index >= 15 is 0 Å². The Morgan fingerprint density at radius 2 is 2.05 bits per heavy atom. The average molecular weight is 316 g/mol. The van der Waals surface area contributed by atoms with Crippen molar-refractivity contribution in [2.75, 3.05) is 7.05 Å². The van der Waals surface area contributed by atoms with Crippen LogP contribution in [0.3, 0.4) is 0 Å². The molecule has 19 heavy (non-hydrogen) atoms. The molecule has 0 bridgehead atoms. The number of nitrogens with one attached hydrogen (secondary N) is 1. The number of imidazole rings is 1. The van der Waals surface area contributed by atoms with Gasteiger partial charge in [-0.3, -0.25) is 4.57 Å². The van der Waals surface area contributed by atoms with Gasteiger partial charge in [0, 0.05) is 11.0 Å². The summed E-state index contributed by atoms with van der Waals surface area (Å²) in [7, 11) is 1.95. The SMILES string of the molecule is CNCc1ccc(-n2cnc3ccccc32)c(Br)c1. The molecule has 0 saturated heterocycles. The highest BCUT2D eigenvalue weighted by Crippen LogP contribution is 2.26. The van der Waals surface area contributed by atoms with Crippen molar-refractivity contribution in [2.24, 2.45) is 0 Å². The summed E-state index contributed by atoms with van der Waals surface area (Å²) in [5.41, 5.74) is 4.48. The van der Waals surface area contributed by atoms with Gasteiger partial charge in [-0.2, -0.15) is 0 Å². The summed E-state index contributed by atoms with van der Waals surface area (Å²) in [5.74, 6) is 0. The Kier molecular flexibility index (Phi) is 3.36. The zero-order chi connectivity index (χ0) is 13.2. The van der Waals surface area contributed by atoms with Gasteiger partial charge in [-0.05, 0) is 52.8 Å². The van der Waals surface area contributed by atoms with Crippen LogP contribution in [0.1, 0.15) is 5.56 Å². The molecule has 2 aromatic carbocycles. The lowest BCUT2D eigenvalue weighted by Gasteiger charge is -2.09. The molecule has 0 radical (unpaired) electrons. The number of para-hydroxylation sites is 2. The molecule has 0 fully saturated rings. The first-order chi connectivity index (χ1) is 9.29. The zero-order valence-corrected chi connectivity index (χ0v) is 12.2. The van der Waals surface area contributed by atoms with Gasteiger partial charge in [0.15, 0.2) is 0 Å². The van der Waals surface area contributed by atoms with Crippen molar-refractivity contribution in [3.05, 3.63) is 58.8 Å². The van der Waals surface area contributed by atoms with Crippen LogP contribution in [0.2, 0.25) is 0 Å². The van der Waals surface area contributed by atoms with Gasteiger partial charge < -0.3 is 5.32 Å². The van der Waals surface area contributed by atoms with Gasteiger partial charge in [0.1, 0.15) is 6.33 Å². The van der Waals surface area contributed by atoms with E-state index in [1.807, 2.05) is 31.6 Å². The molecule has 0 amide bonds. The van der Waals surface area contributed by atoms with E-state index in [1.54, 1.807) is 0 Å². The molecule has 0 aliphatic heterocycles. The second kappa shape index (κ2) is 5.15. The van der Waals surface area contributed by atoms with Gasteiger partial charge in [-0.25, -0.2) is 4.98 Å². The fourth-order valence-electron chi connectivity index (χ4n) is 2.21. The number of rotatable bonds is 3. The Hall–Kier alpha value is -1.65. The van der Waals surface area contributed by atoms with E-state index in [0.717, 1.165) is 27.7 Å². The highest BCUT2D eigenvalue weighted by atomic mass is 79.9. The molecule has 0 atom stereocenters. The van der Waals surface area contributed by atoms with Crippen LogP contribution >= 0.6 is 15.9 Å². The Bertz CT molecular complexity index is 718. The van der Waals surface area contributed by atoms with Crippen molar-refractivity contribution in [3.8, 4) is 5.69 Å². The van der Waals surface area contributed by atoms with Crippen LogP contribution in [0.4, 0.5) is 0 Å². The predicted molar refractivity (Wildman–Crippen MR) is 81.5 cm³/mol. The van der Waals surface area contributed by atoms with E-state index in [1.165, 1.54) is 5.56 Å². The van der Waals surface area contributed by atoms with Crippen molar-refractivity contribution < 1.29 is 0 Å². The molecule has 3 nitrogen and oxygen atoms in total. The van der Waals surface area contributed by atoms with Crippen LogP contribution < -0.4 is 5.32 Å². The zero-order valence-electron chi connectivity index (χ0n) is 10.6. The Morgan fingerprint density at radius 1 is 1.21 bits per heavy atom. The summed E-state index contributed by atoms with van der Waals surface area (Å²) in [6.45, 7) is 0.865. The molecule has 1 N–H and O–H groups in total. The number of fused-ring (bicyclic) bond motifs is 1. The maximum atomic E-state index is 4.42. The predicted octanol–water partition coefficient (Wildman–Crippen LogP) is 3.51. The quantitative estimate of drug-likeness (QED) is 0.801. The van der Waals surface area contributed by atoms with Crippen LogP contribution in [0.5, 0.6) is 0 Å². The van der Waals surface area contributed by atoms with E-state index in [2.05, 4.69) is 55.1 Å². The normalized spacial score (nSPS) is 11.1. The minimum Gasteiger partial charge on any atom is -0.316 e. The van der Waals surface area contributed by atoms with Crippen molar-refractivity contribution in [1.82, 2.24) is 14.9 Å². The van der Waals surface area contributed by atoms with E-state index in [9.17, 15) is 0 Å². The molecular weight excluding hydrogens is 302 g/mol. The Balaban J connectivity index is 2.11. The molecule has 0 aliphatic rings. The van der Waals surface area contributed by atoms with Gasteiger partial charge in [-0.15, -0.1) is 0 Å². The topological polar surface area (TPSA) is 29.9 Å². The molecule has 0 saturated carbocycles. The third-order valence-corrected chi connectivity index (χ3v) is 3.74. The monoisotopic (exact) mass is 315 g/mol. The average Bonchev–Trinajstić information content (AvgIpc) is 2.83. The van der Waals surface area contributed by atoms with E-state index in [0.29, 0.717) is 0 Å². The summed E-state index contributed by atoms with van der Waals surface area (Å²) >= 11 is 3.65. The highest BCUT2D eigenvalue weighted by molar-refractivity contribution is 9.10. The van der Waals surface area contributed by atoms with Crippen molar-refractivity contribution in [3.63, 3.8) is 0 Å². The molecule has 1 heterocycles. The lowest BCUT2D eigenvalue weighted by molar-refractivity contribution is 0.816. The fraction of sp³-hybridized carbons (Fsp3) is 0.133. The molecule has 96 valence electrons. The minimum atomic E-state index is 0.865. The number of benzene rings is 2. The number of aromatic nitrogens is 2. The lowest BCUT2D eigenvalue weighted by atomic mass is 10.2. The minimum absolute atomic E-state index is 0.865. The third-order valence-electron chi connectivity index (χ3n) is 3.11. The summed E-state index contributed by atoms with van der Waals surface area (Å²) in [4.78, 5) is 4.42. The van der Waals surface area contributed by atoms with Crippen LogP contribution in [0.25, 0.3) is 16.7 Å². The summed E-state index contributed by atoms with van der Waals surface area (Å²) in [6.07, 6.45) is 1.86. The smallest absolute Gasteiger partial charge is 0.100 e. The fourth-order valence-corrected chi connectivity index (χ4v) is 2.83. The molecule has 3 aromatic rings. The summed E-state index contributed by atoms with van der Waals surface area (Å²) in [6, 6.07) is 14.5. The molecule has 0 spiro atoms. The van der Waals surface area contributed by atoms with Crippen LogP contribution in [0.15, 0.2) is 53.3 Å². The van der Waals surface area contributed by atoms with E-state index in [4.69, 9.17) is 0 Å². The summed E-state index contributed by atoms with van der Waals surface area (Å²) < 4.78 is 3.17. The molecular formula is C15H14BrN3. The number of nitrogens with zero attached hydrogens (tertiary/aromatic N) is 2. The number of hydrogen-bond acceptors (Lipinski definition) is 2. The second-order valence-corrected chi connectivity index (χ2v) is 5.27. The van der Waals surface area contributed by atoms with Crippen molar-refractivity contribution in [2.45, 2.75) is 6.54 Å². The van der Waals surface area contributed by atoms with Gasteiger partial charge >= 0.3 is 0 Å². The van der Waals surface area contributed by atoms with Crippen LogP contribution in [-0.2, 0) is 6.54 Å². The van der Waals surface area contributed by atoms with Gasteiger partial charge in [0.2, 0.25) is 0 Å². The summed E-state index contributed by atoms with van der Waals surface area (Å²) in [5, 5.41) is 3.16. The molecule has 1 aromatic heterocycles. The lowest BCUT2D eigenvalue weighted by Crippen LogP contribution is -2.05. The van der Waals surface area contributed by atoms with E-state index < -0.39 is 0 Å². The Labute approximate surface area is 120 Å². The maximum absolute atomic E-state index is 4.42.